The number of carbonyl (C=O) groups excluding carboxylic acids is 2. The first kappa shape index (κ1) is 108. The van der Waals surface area contributed by atoms with Crippen molar-refractivity contribution < 1.29 is 104 Å². The summed E-state index contributed by atoms with van der Waals surface area (Å²) in [5, 5.41) is 53.0. The van der Waals surface area contributed by atoms with Gasteiger partial charge in [0.15, 0.2) is 0 Å². The Morgan fingerprint density at radius 1 is 0.440 bits per heavy atom. The minimum Gasteiger partial charge on any atom is -0.109 e. The number of ketones is 1. The van der Waals surface area contributed by atoms with Crippen LogP contribution in [-0.4, -0.2) is 105 Å². The van der Waals surface area contributed by atoms with Gasteiger partial charge >= 0.3 is 163 Å². The number of allylic oxidation sites excluding steroid dienone is 7. The number of fused-ring (bicyclic) bond motifs is 20. The van der Waals surface area contributed by atoms with Crippen LogP contribution in [0.15, 0.2) is 61.3 Å². The average molecular weight is 2570 g/mol. The number of alkyl halides is 6. The molecule has 0 bridgehead atoms. The zero-order valence-electron chi connectivity index (χ0n) is 75.6. The first-order valence-electron chi connectivity index (χ1n) is 45.6. The monoisotopic (exact) mass is 2570 g/mol. The van der Waals surface area contributed by atoms with E-state index in [9.17, 15) is 35.1 Å². The number of hydrogen-bond acceptors (Lipinski definition) is 7. The molecule has 116 heavy (non-hydrogen) atoms. The van der Waals surface area contributed by atoms with Crippen molar-refractivity contribution in [1.82, 2.24) is 0 Å². The van der Waals surface area contributed by atoms with Crippen LogP contribution in [0.2, 0.25) is 0 Å². The SMILES string of the molecule is C/C=C1/CC[C@H]2[C@@H]3CC[C@H]4C[C@](C)(O)CC[C@]4(C=O)[C@H]3CC[C@]12C.C=C[C@]12CC[C@@](C)(O)C[C@@H]1CC[C@@H]1[C@@H]2CC[C@]2(C)/C(=C\C)CC[C@@H]12.C=C[C@]12CC[C@@](C)(O)C[C@@H]1CC[C@H]1[C@@H]3CC[C@H](C(C)=O)[C@@]3(C)CC[C@@H]12.C=C[C@]12CC[C@@](C)(O)C[C@@H]1CC[C@H]1[C@@H]3CC[C@H](C(C)O)[C@@]3(C)CC[C@@H]12.CPC.C[I-]I.C[I-]I.C[I-]I.C[I-]I.ClCCl. The van der Waals surface area contributed by atoms with Crippen molar-refractivity contribution >= 4 is 118 Å². The number of halogens is 10. The van der Waals surface area contributed by atoms with E-state index in [0.717, 1.165) is 164 Å². The molecule has 16 rings (SSSR count). The van der Waals surface area contributed by atoms with Crippen molar-refractivity contribution in [1.29, 1.82) is 0 Å². The van der Waals surface area contributed by atoms with Crippen LogP contribution in [0, 0.1) is 150 Å². The van der Waals surface area contributed by atoms with E-state index < -0.39 is 22.4 Å². The Kier molecular flexibility index (Phi) is 43.1. The number of hydrogen-bond donors (Lipinski definition) is 5. The molecule has 18 heteroatoms. The van der Waals surface area contributed by atoms with Crippen molar-refractivity contribution in [2.75, 3.05) is 38.4 Å². The van der Waals surface area contributed by atoms with Gasteiger partial charge in [0.25, 0.3) is 0 Å². The van der Waals surface area contributed by atoms with E-state index in [1.54, 1.807) is 11.1 Å². The summed E-state index contributed by atoms with van der Waals surface area (Å²) >= 11 is 21.4. The van der Waals surface area contributed by atoms with Crippen LogP contribution >= 0.6 is 106 Å². The number of carbonyl (C=O) groups is 2. The number of rotatable bonds is 6. The maximum absolute atomic E-state index is 12.4. The topological polar surface area (TPSA) is 135 Å². The molecule has 1 unspecified atom stereocenters. The Bertz CT molecular complexity index is 3090. The van der Waals surface area contributed by atoms with Gasteiger partial charge in [-0.25, -0.2) is 0 Å². The van der Waals surface area contributed by atoms with E-state index in [4.69, 9.17) is 23.2 Å². The normalized spacial score (nSPS) is 48.1. The summed E-state index contributed by atoms with van der Waals surface area (Å²) in [5.74, 6) is 12.7. The second-order valence-electron chi connectivity index (χ2n) is 42.1. The second-order valence-corrected chi connectivity index (χ2v) is 69.1. The number of aldehydes is 1. The fourth-order valence-corrected chi connectivity index (χ4v) is 32.1. The van der Waals surface area contributed by atoms with Crippen molar-refractivity contribution in [2.24, 2.45) is 150 Å². The van der Waals surface area contributed by atoms with Crippen molar-refractivity contribution in [3.8, 4) is 0 Å². The molecule has 0 radical (unpaired) electrons. The first-order chi connectivity index (χ1) is 54.7. The van der Waals surface area contributed by atoms with Gasteiger partial charge in [-0.1, -0.05) is 69.2 Å². The van der Waals surface area contributed by atoms with Crippen LogP contribution in [0.5, 0.6) is 0 Å². The van der Waals surface area contributed by atoms with Gasteiger partial charge in [-0.2, -0.15) is 0 Å². The van der Waals surface area contributed by atoms with E-state index in [1.807, 2.05) is 34.6 Å². The summed E-state index contributed by atoms with van der Waals surface area (Å²) in [5.41, 5.74) is 3.58. The van der Waals surface area contributed by atoms with E-state index in [1.165, 1.54) is 148 Å². The molecule has 16 aliphatic rings. The molecule has 5 N–H and O–H groups in total. The summed E-state index contributed by atoms with van der Waals surface area (Å²) in [6.07, 6.45) is 55.3. The van der Waals surface area contributed by atoms with Gasteiger partial charge in [-0.15, -0.1) is 51.5 Å². The van der Waals surface area contributed by atoms with Crippen LogP contribution in [0.1, 0.15) is 314 Å². The summed E-state index contributed by atoms with van der Waals surface area (Å²) in [6.45, 7) is 43.6. The maximum Gasteiger partial charge on any atom is 0.0967 e. The Hall–Kier alpha value is 4.69. The van der Waals surface area contributed by atoms with Crippen molar-refractivity contribution in [2.45, 2.75) is 343 Å². The van der Waals surface area contributed by atoms with Crippen LogP contribution in [0.3, 0.4) is 0 Å². The molecule has 16 aliphatic carbocycles. The smallest absolute Gasteiger partial charge is 0.0967 e. The van der Waals surface area contributed by atoms with Gasteiger partial charge in [0, 0.05) is 11.3 Å². The fraction of sp³-hybridized carbons (Fsp3) is 0.878. The van der Waals surface area contributed by atoms with Gasteiger partial charge in [-0.05, 0) is 438 Å². The zero-order valence-corrected chi connectivity index (χ0v) is 95.3. The molecule has 0 heterocycles. The van der Waals surface area contributed by atoms with E-state index >= 15 is 0 Å². The summed E-state index contributed by atoms with van der Waals surface area (Å²) in [4.78, 5) is 33.5. The number of aliphatic hydroxyl groups excluding tert-OH is 1. The average Bonchev–Trinajstić information content (AvgIpc) is 1.37. The van der Waals surface area contributed by atoms with Gasteiger partial charge in [0.05, 0.1) is 33.8 Å². The zero-order chi connectivity index (χ0) is 86.6. The Morgan fingerprint density at radius 3 is 1.02 bits per heavy atom. The van der Waals surface area contributed by atoms with E-state index in [2.05, 4.69) is 206 Å². The largest absolute Gasteiger partial charge is 0.109 e. The second kappa shape index (κ2) is 46.4. The fourth-order valence-electron chi connectivity index (χ4n) is 32.1. The quantitative estimate of drug-likeness (QED) is 0.0588. The molecule has 678 valence electrons. The predicted octanol–water partition coefficient (Wildman–Crippen LogP) is 15.5. The molecular weight excluding hydrogens is 2410 g/mol. The molecule has 0 saturated heterocycles. The summed E-state index contributed by atoms with van der Waals surface area (Å²) in [7, 11) is 1.08. The van der Waals surface area contributed by atoms with Gasteiger partial charge < -0.3 is 30.3 Å². The van der Waals surface area contributed by atoms with Gasteiger partial charge in [0.1, 0.15) is 12.1 Å². The molecule has 16 saturated carbocycles. The van der Waals surface area contributed by atoms with E-state index in [-0.39, 0.29) is 33.1 Å². The number of aliphatic hydroxyl groups is 5. The van der Waals surface area contributed by atoms with Crippen LogP contribution in [-0.2, 0) is 9.59 Å². The standard InChI is InChI=1S/C23H38O2.C23H36O2.C23H36O.C22H34O2.C2H7P.CH2Cl2.4CH3I2/c2*1-5-23-13-12-21(3,25)14-16(23)6-7-17-19-9-8-18(15(2)24)22(19,4)11-10-20(17)23;1-5-16-8-10-19-18-9-7-17-15-21(3,24)13-14-23(17,6-2)20(18)11-12-22(16,19)4;1-4-15-6-8-18-17-7-5-16-13-20(2,24)11-12-22(16,14-23)19(17)9-10-21(15,18)3;1-3-2;2-1-3;4*1-3-2/h5,15-20,24-25H,1,6-14H2,2-4H3;5,16-20,25H,1,6-14H2,2-4H3;5-6,17-20,24H,2,7-15H2,1,3-4H3;4,14,16-19,24H,5-13H2,1-3H3;3H,1-2H3;1H2;4*1H3/q;;;;;;4*-1/b;;16-5-;15-4-;;;;;;/t15?,16-,17-,18+,19-,20-,21+,22+,23-;16-,17-,18+,19-,20-,21+,22+,23-;17-,18-,19-,20-,21+,22+,23-;16-,17-,18-,19-,20+,21+,22+;;;;;;/m0000....../s1. The summed E-state index contributed by atoms with van der Waals surface area (Å²) in [6, 6.07) is 0. The first-order valence-corrected chi connectivity index (χ1v) is 82.4. The Morgan fingerprint density at radius 2 is 0.716 bits per heavy atom. The molecular formula is C98H165Cl2I8O7P-4. The van der Waals surface area contributed by atoms with Crippen molar-refractivity contribution in [3.05, 3.63) is 61.3 Å². The van der Waals surface area contributed by atoms with E-state index in [0.29, 0.717) is 138 Å². The molecule has 0 amide bonds. The molecule has 0 aromatic heterocycles. The third-order valence-electron chi connectivity index (χ3n) is 37.0. The third-order valence-corrected chi connectivity index (χ3v) is 37.0. The van der Waals surface area contributed by atoms with Crippen LogP contribution in [0.4, 0.5) is 0 Å². The van der Waals surface area contributed by atoms with Crippen LogP contribution in [0.25, 0.3) is 0 Å². The number of Topliss-reactive ketones (excluding diaryl/α,β-unsaturated/α-hetero) is 1. The minimum atomic E-state index is -0.557. The third kappa shape index (κ3) is 22.8. The Labute approximate surface area is 803 Å². The molecule has 0 spiro atoms. The summed E-state index contributed by atoms with van der Waals surface area (Å²) < 4.78 is 0. The van der Waals surface area contributed by atoms with Crippen LogP contribution < -0.4 is 68.9 Å². The molecule has 16 fully saturated rings. The minimum absolute atomic E-state index is 0.134. The molecule has 0 aromatic carbocycles. The molecule has 0 aliphatic heterocycles. The maximum atomic E-state index is 12.4. The predicted molar refractivity (Wildman–Crippen MR) is 517 cm³/mol. The molecule has 0 aromatic rings. The van der Waals surface area contributed by atoms with Crippen molar-refractivity contribution in [3.63, 3.8) is 0 Å². The van der Waals surface area contributed by atoms with Gasteiger partial charge in [0.2, 0.25) is 0 Å². The molecule has 31 atom stereocenters. The van der Waals surface area contributed by atoms with Gasteiger partial charge in [-0.3, -0.25) is 4.79 Å². The molecule has 7 nitrogen and oxygen atoms in total. The Balaban J connectivity index is 0.000000200.